The van der Waals surface area contributed by atoms with Gasteiger partial charge < -0.3 is 10.1 Å². The summed E-state index contributed by atoms with van der Waals surface area (Å²) >= 11 is 0. The van der Waals surface area contributed by atoms with E-state index in [0.717, 1.165) is 19.4 Å². The first-order chi connectivity index (χ1) is 7.15. The number of nitrogens with one attached hydrogen (secondary N) is 2. The van der Waals surface area contributed by atoms with E-state index < -0.39 is 6.04 Å². The lowest BCUT2D eigenvalue weighted by atomic mass is 10.1. The molecule has 0 bridgehead atoms. The standard InChI is InChI=1S/C10H18N2O3/c1-3-15-10(14)7(2)12-8-5-4-6-11-9(8)13/h7-8,12H,3-6H2,1-2H3,(H,11,13). The lowest BCUT2D eigenvalue weighted by Gasteiger charge is -2.25. The predicted molar refractivity (Wildman–Crippen MR) is 55.3 cm³/mol. The number of ether oxygens (including phenoxy) is 1. The fourth-order valence-corrected chi connectivity index (χ4v) is 1.57. The summed E-state index contributed by atoms with van der Waals surface area (Å²) in [6.07, 6.45) is 1.72. The van der Waals surface area contributed by atoms with Gasteiger partial charge in [-0.2, -0.15) is 0 Å². The van der Waals surface area contributed by atoms with Crippen LogP contribution in [0.4, 0.5) is 0 Å². The zero-order valence-electron chi connectivity index (χ0n) is 9.21. The van der Waals surface area contributed by atoms with Crippen LogP contribution in [0.25, 0.3) is 0 Å². The number of piperidine rings is 1. The highest BCUT2D eigenvalue weighted by atomic mass is 16.5. The van der Waals surface area contributed by atoms with Gasteiger partial charge in [-0.15, -0.1) is 0 Å². The Morgan fingerprint density at radius 1 is 1.73 bits per heavy atom. The summed E-state index contributed by atoms with van der Waals surface area (Å²) in [7, 11) is 0. The molecule has 5 nitrogen and oxygen atoms in total. The highest BCUT2D eigenvalue weighted by molar-refractivity contribution is 5.83. The van der Waals surface area contributed by atoms with Crippen LogP contribution in [-0.2, 0) is 14.3 Å². The van der Waals surface area contributed by atoms with Crippen molar-refractivity contribution in [3.8, 4) is 0 Å². The van der Waals surface area contributed by atoms with Crippen LogP contribution in [-0.4, -0.2) is 37.1 Å². The van der Waals surface area contributed by atoms with E-state index in [4.69, 9.17) is 4.74 Å². The van der Waals surface area contributed by atoms with Gasteiger partial charge >= 0.3 is 5.97 Å². The van der Waals surface area contributed by atoms with Crippen molar-refractivity contribution in [2.24, 2.45) is 0 Å². The Bertz CT molecular complexity index is 243. The van der Waals surface area contributed by atoms with E-state index in [9.17, 15) is 9.59 Å². The maximum absolute atomic E-state index is 11.4. The van der Waals surface area contributed by atoms with Gasteiger partial charge in [0.25, 0.3) is 0 Å². The molecule has 2 unspecified atom stereocenters. The zero-order valence-corrected chi connectivity index (χ0v) is 9.21. The van der Waals surface area contributed by atoms with Gasteiger partial charge in [0.1, 0.15) is 6.04 Å². The highest BCUT2D eigenvalue weighted by Gasteiger charge is 2.25. The van der Waals surface area contributed by atoms with Gasteiger partial charge in [0.2, 0.25) is 5.91 Å². The molecule has 1 heterocycles. The third-order valence-corrected chi connectivity index (χ3v) is 2.38. The molecule has 0 aliphatic carbocycles. The van der Waals surface area contributed by atoms with Crippen molar-refractivity contribution in [2.75, 3.05) is 13.2 Å². The molecular weight excluding hydrogens is 196 g/mol. The van der Waals surface area contributed by atoms with E-state index in [0.29, 0.717) is 6.61 Å². The smallest absolute Gasteiger partial charge is 0.322 e. The lowest BCUT2D eigenvalue weighted by Crippen LogP contribution is -2.52. The Balaban J connectivity index is 2.38. The summed E-state index contributed by atoms with van der Waals surface area (Å²) in [5.74, 6) is -0.340. The second-order valence-corrected chi connectivity index (χ2v) is 3.63. The number of carbonyl (C=O) groups excluding carboxylic acids is 2. The van der Waals surface area contributed by atoms with Crippen LogP contribution in [0, 0.1) is 0 Å². The van der Waals surface area contributed by atoms with Crippen LogP contribution in [0.5, 0.6) is 0 Å². The van der Waals surface area contributed by atoms with E-state index in [1.807, 2.05) is 0 Å². The average molecular weight is 214 g/mol. The minimum absolute atomic E-state index is 0.0302. The third kappa shape index (κ3) is 3.51. The molecule has 1 saturated heterocycles. The number of carbonyl (C=O) groups is 2. The van der Waals surface area contributed by atoms with Gasteiger partial charge in [-0.3, -0.25) is 14.9 Å². The molecule has 2 atom stereocenters. The minimum atomic E-state index is -0.432. The molecule has 1 rings (SSSR count). The summed E-state index contributed by atoms with van der Waals surface area (Å²) in [5, 5.41) is 5.72. The summed E-state index contributed by atoms with van der Waals surface area (Å²) < 4.78 is 4.85. The molecule has 1 aliphatic heterocycles. The molecule has 2 N–H and O–H groups in total. The summed E-state index contributed by atoms with van der Waals surface area (Å²) in [5.41, 5.74) is 0. The van der Waals surface area contributed by atoms with Crippen LogP contribution < -0.4 is 10.6 Å². The van der Waals surface area contributed by atoms with Gasteiger partial charge in [0.05, 0.1) is 12.6 Å². The van der Waals surface area contributed by atoms with Gasteiger partial charge in [0, 0.05) is 6.54 Å². The number of esters is 1. The van der Waals surface area contributed by atoms with Crippen LogP contribution in [0.2, 0.25) is 0 Å². The molecule has 1 fully saturated rings. The van der Waals surface area contributed by atoms with Crippen molar-refractivity contribution in [1.82, 2.24) is 10.6 Å². The molecule has 15 heavy (non-hydrogen) atoms. The Hall–Kier alpha value is -1.10. The summed E-state index contributed by atoms with van der Waals surface area (Å²) in [6, 6.07) is -0.697. The molecule has 0 radical (unpaired) electrons. The molecule has 5 heteroatoms. The van der Waals surface area contributed by atoms with Crippen LogP contribution in [0.3, 0.4) is 0 Å². The largest absolute Gasteiger partial charge is 0.465 e. The molecule has 1 aliphatic rings. The lowest BCUT2D eigenvalue weighted by molar-refractivity contribution is -0.145. The Morgan fingerprint density at radius 2 is 2.47 bits per heavy atom. The molecule has 86 valence electrons. The maximum atomic E-state index is 11.4. The van der Waals surface area contributed by atoms with Gasteiger partial charge in [0.15, 0.2) is 0 Å². The third-order valence-electron chi connectivity index (χ3n) is 2.38. The summed E-state index contributed by atoms with van der Waals surface area (Å²) in [4.78, 5) is 22.7. The van der Waals surface area contributed by atoms with E-state index >= 15 is 0 Å². The molecule has 0 aromatic heterocycles. The topological polar surface area (TPSA) is 67.4 Å². The second-order valence-electron chi connectivity index (χ2n) is 3.63. The average Bonchev–Trinajstić information content (AvgIpc) is 2.21. The van der Waals surface area contributed by atoms with Crippen LogP contribution in [0.15, 0.2) is 0 Å². The normalized spacial score (nSPS) is 23.1. The van der Waals surface area contributed by atoms with Crippen LogP contribution >= 0.6 is 0 Å². The first kappa shape index (κ1) is 12.0. The Morgan fingerprint density at radius 3 is 3.07 bits per heavy atom. The first-order valence-corrected chi connectivity index (χ1v) is 5.35. The van der Waals surface area contributed by atoms with E-state index in [2.05, 4.69) is 10.6 Å². The minimum Gasteiger partial charge on any atom is -0.465 e. The molecular formula is C10H18N2O3. The SMILES string of the molecule is CCOC(=O)C(C)NC1CCCNC1=O. The quantitative estimate of drug-likeness (QED) is 0.636. The van der Waals surface area contributed by atoms with E-state index in [1.165, 1.54) is 0 Å². The van der Waals surface area contributed by atoms with Crippen molar-refractivity contribution < 1.29 is 14.3 Å². The first-order valence-electron chi connectivity index (χ1n) is 5.35. The number of amides is 1. The molecule has 0 aromatic carbocycles. The maximum Gasteiger partial charge on any atom is 0.322 e. The van der Waals surface area contributed by atoms with Crippen molar-refractivity contribution in [3.05, 3.63) is 0 Å². The zero-order chi connectivity index (χ0) is 11.3. The highest BCUT2D eigenvalue weighted by Crippen LogP contribution is 2.04. The van der Waals surface area contributed by atoms with Gasteiger partial charge in [-0.05, 0) is 26.7 Å². The van der Waals surface area contributed by atoms with Crippen LogP contribution in [0.1, 0.15) is 26.7 Å². The molecule has 1 amide bonds. The summed E-state index contributed by atoms with van der Waals surface area (Å²) in [6.45, 7) is 4.56. The predicted octanol–water partition coefficient (Wildman–Crippen LogP) is -0.194. The Labute approximate surface area is 89.6 Å². The fraction of sp³-hybridized carbons (Fsp3) is 0.800. The number of hydrogen-bond donors (Lipinski definition) is 2. The Kier molecular flexibility index (Phi) is 4.55. The fourth-order valence-electron chi connectivity index (χ4n) is 1.57. The molecule has 0 aromatic rings. The van der Waals surface area contributed by atoms with E-state index in [-0.39, 0.29) is 17.9 Å². The van der Waals surface area contributed by atoms with Crippen molar-refractivity contribution in [3.63, 3.8) is 0 Å². The van der Waals surface area contributed by atoms with Crippen molar-refractivity contribution >= 4 is 11.9 Å². The van der Waals surface area contributed by atoms with Gasteiger partial charge in [-0.25, -0.2) is 0 Å². The van der Waals surface area contributed by atoms with Crippen molar-refractivity contribution in [1.29, 1.82) is 0 Å². The monoisotopic (exact) mass is 214 g/mol. The van der Waals surface area contributed by atoms with Gasteiger partial charge in [-0.1, -0.05) is 0 Å². The number of rotatable bonds is 4. The molecule has 0 saturated carbocycles. The van der Waals surface area contributed by atoms with E-state index in [1.54, 1.807) is 13.8 Å². The van der Waals surface area contributed by atoms with Crippen molar-refractivity contribution in [2.45, 2.75) is 38.8 Å². The second kappa shape index (κ2) is 5.70. The number of hydrogen-bond acceptors (Lipinski definition) is 4. The molecule has 0 spiro atoms.